The van der Waals surface area contributed by atoms with Crippen molar-refractivity contribution >= 4 is 45.9 Å². The molecule has 1 aliphatic rings. The molecule has 2 aromatic carbocycles. The summed E-state index contributed by atoms with van der Waals surface area (Å²) in [6, 6.07) is 16.1. The van der Waals surface area contributed by atoms with Gasteiger partial charge in [0.05, 0.1) is 10.7 Å². The molecule has 2 aromatic heterocycles. The fourth-order valence-corrected chi connectivity index (χ4v) is 3.85. The number of nitrogens with zero attached hydrogens (tertiary/aromatic N) is 6. The van der Waals surface area contributed by atoms with Crippen molar-refractivity contribution in [2.45, 2.75) is 6.92 Å². The lowest BCUT2D eigenvalue weighted by Gasteiger charge is -2.36. The van der Waals surface area contributed by atoms with E-state index in [9.17, 15) is 0 Å². The van der Waals surface area contributed by atoms with Gasteiger partial charge in [0.2, 0.25) is 11.6 Å². The zero-order valence-electron chi connectivity index (χ0n) is 16.5. The molecular weight excluding hydrogens is 400 g/mol. The first kappa shape index (κ1) is 18.6. The van der Waals surface area contributed by atoms with Gasteiger partial charge in [0.25, 0.3) is 0 Å². The Kier molecular flexibility index (Phi) is 4.84. The number of hydrogen-bond donors (Lipinski definition) is 2. The van der Waals surface area contributed by atoms with E-state index in [-0.39, 0.29) is 0 Å². The van der Waals surface area contributed by atoms with Crippen LogP contribution in [0.1, 0.15) is 5.56 Å². The van der Waals surface area contributed by atoms with Crippen LogP contribution < -0.4 is 15.1 Å². The van der Waals surface area contributed by atoms with Crippen molar-refractivity contribution in [1.29, 1.82) is 0 Å². The lowest BCUT2D eigenvalue weighted by Crippen LogP contribution is -2.47. The van der Waals surface area contributed by atoms with Crippen molar-refractivity contribution in [3.05, 3.63) is 59.1 Å². The number of para-hydroxylation sites is 1. The van der Waals surface area contributed by atoms with Crippen molar-refractivity contribution in [2.75, 3.05) is 41.3 Å². The van der Waals surface area contributed by atoms with Crippen LogP contribution in [-0.2, 0) is 0 Å². The number of rotatable bonds is 4. The van der Waals surface area contributed by atoms with E-state index in [1.54, 1.807) is 0 Å². The zero-order chi connectivity index (χ0) is 20.5. The van der Waals surface area contributed by atoms with Crippen LogP contribution in [0.15, 0.2) is 48.5 Å². The number of aryl methyl sites for hydroxylation is 1. The topological polar surface area (TPSA) is 85.9 Å². The van der Waals surface area contributed by atoms with Crippen molar-refractivity contribution in [3.8, 4) is 0 Å². The highest BCUT2D eigenvalue weighted by molar-refractivity contribution is 6.33. The Balaban J connectivity index is 1.38. The predicted octanol–water partition coefficient (Wildman–Crippen LogP) is 3.78. The Labute approximate surface area is 178 Å². The molecule has 1 fully saturated rings. The third-order valence-corrected chi connectivity index (χ3v) is 5.56. The number of fused-ring (bicyclic) bond motifs is 1. The van der Waals surface area contributed by atoms with E-state index in [1.807, 2.05) is 30.3 Å². The molecule has 0 amide bonds. The van der Waals surface area contributed by atoms with Crippen LogP contribution in [0, 0.1) is 6.92 Å². The van der Waals surface area contributed by atoms with Gasteiger partial charge in [-0.2, -0.15) is 20.3 Å². The van der Waals surface area contributed by atoms with Crippen molar-refractivity contribution in [2.24, 2.45) is 0 Å². The number of aromatic nitrogens is 5. The number of benzene rings is 2. The number of aromatic amines is 1. The molecule has 0 spiro atoms. The molecule has 2 N–H and O–H groups in total. The summed E-state index contributed by atoms with van der Waals surface area (Å²) >= 11 is 6.36. The second-order valence-corrected chi connectivity index (χ2v) is 7.69. The largest absolute Gasteiger partial charge is 0.367 e. The number of nitrogens with one attached hydrogen (secondary N) is 2. The minimum Gasteiger partial charge on any atom is -0.367 e. The molecule has 152 valence electrons. The highest BCUT2D eigenvalue weighted by atomic mass is 35.5. The smallest absolute Gasteiger partial charge is 0.229 e. The first-order valence-corrected chi connectivity index (χ1v) is 10.2. The average molecular weight is 421 g/mol. The molecule has 30 heavy (non-hydrogen) atoms. The van der Waals surface area contributed by atoms with Crippen molar-refractivity contribution < 1.29 is 0 Å². The Morgan fingerprint density at radius 3 is 2.40 bits per heavy atom. The highest BCUT2D eigenvalue weighted by Gasteiger charge is 2.22. The van der Waals surface area contributed by atoms with E-state index in [4.69, 9.17) is 16.6 Å². The predicted molar refractivity (Wildman–Crippen MR) is 120 cm³/mol. The Morgan fingerprint density at radius 2 is 1.63 bits per heavy atom. The molecular formula is C21H21ClN8. The van der Waals surface area contributed by atoms with Gasteiger partial charge in [-0.05, 0) is 31.2 Å². The van der Waals surface area contributed by atoms with Crippen LogP contribution in [0.5, 0.6) is 0 Å². The van der Waals surface area contributed by atoms with E-state index in [0.29, 0.717) is 22.9 Å². The van der Waals surface area contributed by atoms with Gasteiger partial charge in [-0.15, -0.1) is 5.10 Å². The number of hydrogen-bond acceptors (Lipinski definition) is 7. The summed E-state index contributed by atoms with van der Waals surface area (Å²) in [4.78, 5) is 13.8. The van der Waals surface area contributed by atoms with E-state index < -0.39 is 0 Å². The molecule has 0 atom stereocenters. The maximum absolute atomic E-state index is 6.36. The van der Waals surface area contributed by atoms with Crippen molar-refractivity contribution in [3.63, 3.8) is 0 Å². The van der Waals surface area contributed by atoms with Gasteiger partial charge in [0.1, 0.15) is 0 Å². The maximum atomic E-state index is 6.36. The second kappa shape index (κ2) is 7.79. The number of anilines is 4. The van der Waals surface area contributed by atoms with Gasteiger partial charge in [-0.3, -0.25) is 0 Å². The molecule has 0 bridgehead atoms. The van der Waals surface area contributed by atoms with Crippen LogP contribution >= 0.6 is 11.6 Å². The molecule has 0 radical (unpaired) electrons. The molecule has 1 saturated heterocycles. The van der Waals surface area contributed by atoms with E-state index in [2.05, 4.69) is 60.6 Å². The monoisotopic (exact) mass is 420 g/mol. The molecule has 4 aromatic rings. The van der Waals surface area contributed by atoms with Crippen LogP contribution in [0.25, 0.3) is 11.2 Å². The molecule has 5 rings (SSSR count). The van der Waals surface area contributed by atoms with E-state index in [0.717, 1.165) is 42.6 Å². The van der Waals surface area contributed by atoms with Gasteiger partial charge in [0, 0.05) is 31.9 Å². The standard InChI is InChI=1S/C21H21ClN8/c1-14-6-8-15(9-7-14)23-19-18-20(27-28-26-18)25-21(24-19)30-12-10-29(11-13-30)17-5-3-2-4-16(17)22/h2-9H,10-13H2,1H3,(H2,23,24,25,26,27,28). The first-order chi connectivity index (χ1) is 14.7. The lowest BCUT2D eigenvalue weighted by atomic mass is 10.2. The lowest BCUT2D eigenvalue weighted by molar-refractivity contribution is 0.641. The molecule has 0 aliphatic carbocycles. The summed E-state index contributed by atoms with van der Waals surface area (Å²) in [5, 5.41) is 15.2. The van der Waals surface area contributed by atoms with Gasteiger partial charge >= 0.3 is 0 Å². The summed E-state index contributed by atoms with van der Waals surface area (Å²) in [6.45, 7) is 5.32. The Morgan fingerprint density at radius 1 is 0.900 bits per heavy atom. The van der Waals surface area contributed by atoms with Crippen LogP contribution in [0.3, 0.4) is 0 Å². The highest BCUT2D eigenvalue weighted by Crippen LogP contribution is 2.28. The summed E-state index contributed by atoms with van der Waals surface area (Å²) in [6.07, 6.45) is 0. The quantitative estimate of drug-likeness (QED) is 0.519. The van der Waals surface area contributed by atoms with Crippen molar-refractivity contribution in [1.82, 2.24) is 25.4 Å². The summed E-state index contributed by atoms with van der Waals surface area (Å²) in [5.74, 6) is 1.28. The van der Waals surface area contributed by atoms with Crippen LogP contribution in [0.2, 0.25) is 5.02 Å². The summed E-state index contributed by atoms with van der Waals surface area (Å²) in [5.41, 5.74) is 4.37. The normalized spacial score (nSPS) is 14.3. The number of H-pyrrole nitrogens is 1. The minimum atomic E-state index is 0.545. The Hall–Kier alpha value is -3.39. The SMILES string of the molecule is Cc1ccc(Nc2nc(N3CCN(c4ccccc4Cl)CC3)nc3n[nH]nc23)cc1. The van der Waals surface area contributed by atoms with Gasteiger partial charge in [0.15, 0.2) is 11.3 Å². The third kappa shape index (κ3) is 3.61. The fourth-order valence-electron chi connectivity index (χ4n) is 3.59. The third-order valence-electron chi connectivity index (χ3n) is 5.24. The van der Waals surface area contributed by atoms with Gasteiger partial charge in [-0.1, -0.05) is 41.4 Å². The average Bonchev–Trinajstić information content (AvgIpc) is 3.25. The fraction of sp³-hybridized carbons (Fsp3) is 0.238. The number of piperazine rings is 1. The molecule has 0 saturated carbocycles. The van der Waals surface area contributed by atoms with E-state index in [1.165, 1.54) is 5.56 Å². The second-order valence-electron chi connectivity index (χ2n) is 7.28. The summed E-state index contributed by atoms with van der Waals surface area (Å²) < 4.78 is 0. The zero-order valence-corrected chi connectivity index (χ0v) is 17.3. The first-order valence-electron chi connectivity index (χ1n) is 9.84. The van der Waals surface area contributed by atoms with Crippen LogP contribution in [-0.4, -0.2) is 51.6 Å². The summed E-state index contributed by atoms with van der Waals surface area (Å²) in [7, 11) is 0. The Bertz CT molecular complexity index is 1170. The molecule has 0 unspecified atom stereocenters. The molecule has 8 nitrogen and oxygen atoms in total. The maximum Gasteiger partial charge on any atom is 0.229 e. The minimum absolute atomic E-state index is 0.545. The number of halogens is 1. The van der Waals surface area contributed by atoms with Crippen LogP contribution in [0.4, 0.5) is 23.1 Å². The van der Waals surface area contributed by atoms with Gasteiger partial charge in [-0.25, -0.2) is 0 Å². The molecule has 3 heterocycles. The molecule has 9 heteroatoms. The van der Waals surface area contributed by atoms with Gasteiger partial charge < -0.3 is 15.1 Å². The van der Waals surface area contributed by atoms with E-state index >= 15 is 0 Å². The molecule has 1 aliphatic heterocycles.